The summed E-state index contributed by atoms with van der Waals surface area (Å²) in [6.45, 7) is 4.32. The van der Waals surface area contributed by atoms with Crippen molar-refractivity contribution in [1.82, 2.24) is 4.57 Å². The maximum Gasteiger partial charge on any atom is 0.252 e. The summed E-state index contributed by atoms with van der Waals surface area (Å²) >= 11 is 0. The number of hydrogen-bond donors (Lipinski definition) is 2. The highest BCUT2D eigenvalue weighted by molar-refractivity contribution is 5.51. The average molecular weight is 207 g/mol. The number of nitrogens with two attached hydrogens (primary N) is 1. The average Bonchev–Trinajstić information content (AvgIpc) is 2.66. The summed E-state index contributed by atoms with van der Waals surface area (Å²) < 4.78 is 1.82. The molecule has 1 aromatic heterocycles. The van der Waals surface area contributed by atoms with Crippen LogP contribution in [-0.2, 0) is 13.0 Å². The Morgan fingerprint density at radius 3 is 3.13 bits per heavy atom. The first kappa shape index (κ1) is 10.2. The first-order valence-electron chi connectivity index (χ1n) is 5.41. The highest BCUT2D eigenvalue weighted by Crippen LogP contribution is 2.22. The van der Waals surface area contributed by atoms with Crippen molar-refractivity contribution in [2.75, 3.05) is 18.4 Å². The lowest BCUT2D eigenvalue weighted by atomic mass is 10.1. The van der Waals surface area contributed by atoms with E-state index in [4.69, 9.17) is 5.73 Å². The van der Waals surface area contributed by atoms with Gasteiger partial charge < -0.3 is 11.1 Å². The molecule has 3 N–H and O–H groups in total. The molecule has 0 atom stereocenters. The van der Waals surface area contributed by atoms with Crippen molar-refractivity contribution in [3.63, 3.8) is 0 Å². The maximum absolute atomic E-state index is 11.7. The molecule has 0 saturated heterocycles. The molecule has 1 aliphatic rings. The van der Waals surface area contributed by atoms with Gasteiger partial charge in [-0.05, 0) is 37.4 Å². The monoisotopic (exact) mass is 207 g/mol. The van der Waals surface area contributed by atoms with Crippen molar-refractivity contribution in [2.45, 2.75) is 26.3 Å². The molecule has 0 saturated carbocycles. The minimum Gasteiger partial charge on any atom is -0.369 e. The number of anilines is 1. The fourth-order valence-corrected chi connectivity index (χ4v) is 2.11. The number of rotatable bonds is 3. The Balaban J connectivity index is 2.45. The fourth-order valence-electron chi connectivity index (χ4n) is 2.11. The van der Waals surface area contributed by atoms with Crippen LogP contribution in [0.2, 0.25) is 0 Å². The van der Waals surface area contributed by atoms with Crippen LogP contribution in [0.1, 0.15) is 17.5 Å². The molecule has 0 amide bonds. The predicted octanol–water partition coefficient (Wildman–Crippen LogP) is 0.474. The van der Waals surface area contributed by atoms with E-state index in [1.807, 2.05) is 11.5 Å². The summed E-state index contributed by atoms with van der Waals surface area (Å²) in [4.78, 5) is 11.7. The molecule has 0 bridgehead atoms. The summed E-state index contributed by atoms with van der Waals surface area (Å²) in [6, 6.07) is 1.72. The standard InChI is InChI=1S/C11H17N3O/c1-8-7-10(15)14-6-5-13-11(14)9(8)3-2-4-12/h7,13H,2-6,12H2,1H3. The second-order valence-corrected chi connectivity index (χ2v) is 3.96. The van der Waals surface area contributed by atoms with Crippen molar-refractivity contribution in [3.05, 3.63) is 27.5 Å². The van der Waals surface area contributed by atoms with Gasteiger partial charge in [-0.3, -0.25) is 9.36 Å². The molecule has 2 heterocycles. The molecule has 0 aliphatic carbocycles. The lowest BCUT2D eigenvalue weighted by molar-refractivity contribution is 0.755. The van der Waals surface area contributed by atoms with Gasteiger partial charge >= 0.3 is 0 Å². The quantitative estimate of drug-likeness (QED) is 0.757. The van der Waals surface area contributed by atoms with Gasteiger partial charge in [0.1, 0.15) is 5.82 Å². The Morgan fingerprint density at radius 1 is 1.60 bits per heavy atom. The highest BCUT2D eigenvalue weighted by Gasteiger charge is 2.16. The molecule has 82 valence electrons. The van der Waals surface area contributed by atoms with Crippen LogP contribution >= 0.6 is 0 Å². The normalized spacial score (nSPS) is 13.7. The molecule has 0 radical (unpaired) electrons. The number of pyridine rings is 1. The Kier molecular flexibility index (Phi) is 2.77. The summed E-state index contributed by atoms with van der Waals surface area (Å²) in [5.41, 5.74) is 7.94. The third kappa shape index (κ3) is 1.77. The number of nitrogens with one attached hydrogen (secondary N) is 1. The van der Waals surface area contributed by atoms with E-state index in [0.717, 1.165) is 37.3 Å². The maximum atomic E-state index is 11.7. The SMILES string of the molecule is Cc1cc(=O)n2c(c1CCCN)NCC2. The Hall–Kier alpha value is -1.29. The molecule has 0 fully saturated rings. The van der Waals surface area contributed by atoms with E-state index in [2.05, 4.69) is 5.32 Å². The van der Waals surface area contributed by atoms with E-state index in [0.29, 0.717) is 6.54 Å². The van der Waals surface area contributed by atoms with E-state index >= 15 is 0 Å². The lowest BCUT2D eigenvalue weighted by Crippen LogP contribution is -2.19. The molecule has 1 aliphatic heterocycles. The molecule has 4 heteroatoms. The third-order valence-corrected chi connectivity index (χ3v) is 2.90. The summed E-state index contributed by atoms with van der Waals surface area (Å²) in [6.07, 6.45) is 1.92. The molecule has 1 aromatic rings. The number of nitrogens with zero attached hydrogens (tertiary/aromatic N) is 1. The zero-order valence-corrected chi connectivity index (χ0v) is 9.05. The molecule has 15 heavy (non-hydrogen) atoms. The molecular formula is C11H17N3O. The number of fused-ring (bicyclic) bond motifs is 1. The van der Waals surface area contributed by atoms with Gasteiger partial charge in [0.25, 0.3) is 5.56 Å². The number of aryl methyl sites for hydroxylation is 1. The van der Waals surface area contributed by atoms with E-state index < -0.39 is 0 Å². The fraction of sp³-hybridized carbons (Fsp3) is 0.545. The largest absolute Gasteiger partial charge is 0.369 e. The highest BCUT2D eigenvalue weighted by atomic mass is 16.1. The number of aromatic nitrogens is 1. The van der Waals surface area contributed by atoms with Crippen molar-refractivity contribution < 1.29 is 0 Å². The zero-order valence-electron chi connectivity index (χ0n) is 9.05. The van der Waals surface area contributed by atoms with Gasteiger partial charge in [-0.1, -0.05) is 0 Å². The van der Waals surface area contributed by atoms with Crippen LogP contribution in [-0.4, -0.2) is 17.7 Å². The molecule has 0 aromatic carbocycles. The Morgan fingerprint density at radius 2 is 2.40 bits per heavy atom. The predicted molar refractivity (Wildman–Crippen MR) is 61.3 cm³/mol. The van der Waals surface area contributed by atoms with Crippen LogP contribution in [0.25, 0.3) is 0 Å². The van der Waals surface area contributed by atoms with Gasteiger partial charge in [0.2, 0.25) is 0 Å². The second-order valence-electron chi connectivity index (χ2n) is 3.96. The van der Waals surface area contributed by atoms with E-state index in [9.17, 15) is 4.79 Å². The molecule has 0 spiro atoms. The molecular weight excluding hydrogens is 190 g/mol. The molecule has 0 unspecified atom stereocenters. The topological polar surface area (TPSA) is 60.0 Å². The van der Waals surface area contributed by atoms with Crippen LogP contribution in [0.15, 0.2) is 10.9 Å². The van der Waals surface area contributed by atoms with Gasteiger partial charge in [0.05, 0.1) is 0 Å². The summed E-state index contributed by atoms with van der Waals surface area (Å²) in [7, 11) is 0. The smallest absolute Gasteiger partial charge is 0.252 e. The first-order valence-corrected chi connectivity index (χ1v) is 5.41. The Labute approximate surface area is 89.1 Å². The first-order chi connectivity index (χ1) is 7.24. The van der Waals surface area contributed by atoms with Crippen LogP contribution in [0.4, 0.5) is 5.82 Å². The summed E-state index contributed by atoms with van der Waals surface area (Å²) in [5.74, 6) is 1.01. The summed E-state index contributed by atoms with van der Waals surface area (Å²) in [5, 5.41) is 3.28. The lowest BCUT2D eigenvalue weighted by Gasteiger charge is -2.12. The van der Waals surface area contributed by atoms with Crippen LogP contribution < -0.4 is 16.6 Å². The van der Waals surface area contributed by atoms with E-state index in [1.165, 1.54) is 5.56 Å². The minimum absolute atomic E-state index is 0.101. The van der Waals surface area contributed by atoms with Gasteiger partial charge in [0.15, 0.2) is 0 Å². The molecule has 2 rings (SSSR count). The van der Waals surface area contributed by atoms with Crippen LogP contribution in [0, 0.1) is 6.92 Å². The van der Waals surface area contributed by atoms with Crippen LogP contribution in [0.3, 0.4) is 0 Å². The van der Waals surface area contributed by atoms with E-state index in [-0.39, 0.29) is 5.56 Å². The van der Waals surface area contributed by atoms with Gasteiger partial charge in [-0.25, -0.2) is 0 Å². The van der Waals surface area contributed by atoms with E-state index in [1.54, 1.807) is 6.07 Å². The van der Waals surface area contributed by atoms with Gasteiger partial charge in [0, 0.05) is 19.2 Å². The van der Waals surface area contributed by atoms with Crippen molar-refractivity contribution in [3.8, 4) is 0 Å². The van der Waals surface area contributed by atoms with Crippen molar-refractivity contribution in [2.24, 2.45) is 5.73 Å². The third-order valence-electron chi connectivity index (χ3n) is 2.90. The van der Waals surface area contributed by atoms with Crippen molar-refractivity contribution in [1.29, 1.82) is 0 Å². The minimum atomic E-state index is 0.101. The van der Waals surface area contributed by atoms with Gasteiger partial charge in [-0.15, -0.1) is 0 Å². The zero-order chi connectivity index (χ0) is 10.8. The second kappa shape index (κ2) is 4.06. The van der Waals surface area contributed by atoms with Crippen LogP contribution in [0.5, 0.6) is 0 Å². The Bertz CT molecular complexity index is 423. The molecule has 4 nitrogen and oxygen atoms in total. The van der Waals surface area contributed by atoms with Crippen molar-refractivity contribution >= 4 is 5.82 Å². The number of hydrogen-bond acceptors (Lipinski definition) is 3. The van der Waals surface area contributed by atoms with Gasteiger partial charge in [-0.2, -0.15) is 0 Å².